The van der Waals surface area contributed by atoms with Crippen LogP contribution in [0.25, 0.3) is 0 Å². The van der Waals surface area contributed by atoms with Crippen LogP contribution in [0.3, 0.4) is 0 Å². The van der Waals surface area contributed by atoms with Crippen molar-refractivity contribution in [3.8, 4) is 17.2 Å². The van der Waals surface area contributed by atoms with Crippen LogP contribution in [-0.2, 0) is 33.2 Å². The van der Waals surface area contributed by atoms with Crippen molar-refractivity contribution in [3.05, 3.63) is 52.1 Å². The van der Waals surface area contributed by atoms with Crippen LogP contribution in [0.1, 0.15) is 37.4 Å². The zero-order valence-corrected chi connectivity index (χ0v) is 34.4. The third-order valence-corrected chi connectivity index (χ3v) is 11.9. The van der Waals surface area contributed by atoms with Gasteiger partial charge in [-0.2, -0.15) is 0 Å². The van der Waals surface area contributed by atoms with Crippen LogP contribution in [0.4, 0.5) is 0 Å². The Labute approximate surface area is 367 Å². The molecule has 0 bridgehead atoms. The maximum Gasteiger partial charge on any atom is 0.229 e. The van der Waals surface area contributed by atoms with E-state index in [0.29, 0.717) is 5.56 Å². The third-order valence-electron chi connectivity index (χ3n) is 11.9. The first-order valence-electron chi connectivity index (χ1n) is 20.3. The highest BCUT2D eigenvalue weighted by Gasteiger charge is 2.53. The zero-order valence-electron chi connectivity index (χ0n) is 34.4. The second-order valence-corrected chi connectivity index (χ2v) is 16.2. The minimum atomic E-state index is -2.06. The molecule has 0 radical (unpaired) electrons. The van der Waals surface area contributed by atoms with Crippen LogP contribution in [-0.4, -0.2) is 239 Å². The van der Waals surface area contributed by atoms with Crippen molar-refractivity contribution >= 4 is 11.6 Å². The molecule has 7 rings (SSSR count). The Hall–Kier alpha value is -3.62. The van der Waals surface area contributed by atoms with Crippen LogP contribution in [0.5, 0.6) is 17.2 Å². The SMILES string of the molecule is COc1cc(O[C@@H]2O[C@H](CO[C@@H]3O[C@H](CO)[C@@H](O)[C@H](O[C@@H]4O[C@H](CO[C@@H]5O[C@H](CO)[C@@H](O)[C@H](O)[C@H]5O)[C@@H](O)[C@H](O)[C@H]4O)[C@H]3O)[C@@H](O)[C@H](O)[C@H]2O)c2c(c1)C(=O)c1cc(C)cc(O)c1C2=O. The molecule has 25 nitrogen and oxygen atoms in total. The minimum Gasteiger partial charge on any atom is -0.507 e. The van der Waals surface area contributed by atoms with Crippen molar-refractivity contribution in [3.63, 3.8) is 0 Å². The van der Waals surface area contributed by atoms with E-state index in [1.807, 2.05) is 0 Å². The Morgan fingerprint density at radius 3 is 1.57 bits per heavy atom. The summed E-state index contributed by atoms with van der Waals surface area (Å²) in [6, 6.07) is 5.17. The van der Waals surface area contributed by atoms with Gasteiger partial charge in [-0.15, -0.1) is 0 Å². The highest BCUT2D eigenvalue weighted by atomic mass is 16.8. The van der Waals surface area contributed by atoms with Gasteiger partial charge in [0, 0.05) is 17.2 Å². The monoisotopic (exact) mass is 932 g/mol. The number of carbonyl (C=O) groups excluding carboxylic acids is 2. The number of phenols is 1. The summed E-state index contributed by atoms with van der Waals surface area (Å²) in [7, 11) is 1.27. The fourth-order valence-corrected chi connectivity index (χ4v) is 8.20. The Kier molecular flexibility index (Phi) is 15.1. The summed E-state index contributed by atoms with van der Waals surface area (Å²) < 4.78 is 50.2. The van der Waals surface area contributed by atoms with E-state index >= 15 is 0 Å². The fourth-order valence-electron chi connectivity index (χ4n) is 8.20. The van der Waals surface area contributed by atoms with Gasteiger partial charge in [0.1, 0.15) is 115 Å². The number of aliphatic hydroxyl groups excluding tert-OH is 13. The lowest BCUT2D eigenvalue weighted by molar-refractivity contribution is -0.369. The van der Waals surface area contributed by atoms with Crippen LogP contribution in [0, 0.1) is 6.92 Å². The molecule has 4 saturated heterocycles. The van der Waals surface area contributed by atoms with E-state index in [2.05, 4.69) is 0 Å². The maximum absolute atomic E-state index is 13.8. The van der Waals surface area contributed by atoms with Gasteiger partial charge in [0.2, 0.25) is 12.1 Å². The van der Waals surface area contributed by atoms with Crippen LogP contribution < -0.4 is 9.47 Å². The summed E-state index contributed by atoms with van der Waals surface area (Å²) in [5, 5.41) is 148. The lowest BCUT2D eigenvalue weighted by Crippen LogP contribution is -2.65. The summed E-state index contributed by atoms with van der Waals surface area (Å²) in [5.74, 6) is -2.32. The van der Waals surface area contributed by atoms with E-state index in [0.717, 1.165) is 0 Å². The normalized spacial score (nSPS) is 40.8. The molecule has 0 unspecified atom stereocenters. The van der Waals surface area contributed by atoms with Crippen LogP contribution in [0.15, 0.2) is 24.3 Å². The lowest BCUT2D eigenvalue weighted by atomic mass is 9.82. The number of carbonyl (C=O) groups is 2. The summed E-state index contributed by atoms with van der Waals surface area (Å²) in [5.41, 5.74) is -0.418. The predicted octanol–water partition coefficient (Wildman–Crippen LogP) is -6.86. The number of hydrogen-bond acceptors (Lipinski definition) is 25. The number of hydrogen-bond donors (Lipinski definition) is 14. The van der Waals surface area contributed by atoms with E-state index in [9.17, 15) is 81.1 Å². The number of ketones is 2. The fraction of sp³-hybridized carbons (Fsp3) is 0.650. The van der Waals surface area contributed by atoms with Crippen molar-refractivity contribution < 1.29 is 124 Å². The molecule has 2 aromatic carbocycles. The highest BCUT2D eigenvalue weighted by molar-refractivity contribution is 6.30. The molecule has 14 N–H and O–H groups in total. The van der Waals surface area contributed by atoms with Gasteiger partial charge in [0.05, 0.1) is 44.7 Å². The topological polar surface area (TPSA) is 400 Å². The van der Waals surface area contributed by atoms with Crippen molar-refractivity contribution in [1.29, 1.82) is 0 Å². The van der Waals surface area contributed by atoms with Crippen molar-refractivity contribution in [2.24, 2.45) is 0 Å². The van der Waals surface area contributed by atoms with Gasteiger partial charge in [-0.05, 0) is 30.7 Å². The van der Waals surface area contributed by atoms with Gasteiger partial charge in [-0.25, -0.2) is 0 Å². The van der Waals surface area contributed by atoms with Crippen LogP contribution in [0.2, 0.25) is 0 Å². The highest BCUT2D eigenvalue weighted by Crippen LogP contribution is 2.41. The molecule has 65 heavy (non-hydrogen) atoms. The standard InChI is InChI=1S/C40H52O25/c1-11-3-13-21(15(43)4-11)28(49)22-14(23(13)44)5-12(57-2)6-16(22)60-39-33(54)30(51)25(46)19(63-39)10-59-38-35(56)36(27(48)18(8-42)62-38)65-40-34(55)31(52)26(47)20(64-40)9-58-37-32(53)29(50)24(45)17(7-41)61-37/h3-6,17-20,24-27,29-43,45-48,50-56H,7-10H2,1-2H3/t17-,18-,19-,20-,24-,25-,26-,27-,29+,30+,31+,32-,33-,34-,35-,36+,37-,38-,39-,40+/m1/s1. The van der Waals surface area contributed by atoms with E-state index in [1.165, 1.54) is 31.4 Å². The molecule has 0 saturated carbocycles. The van der Waals surface area contributed by atoms with Gasteiger partial charge in [-0.3, -0.25) is 9.59 Å². The van der Waals surface area contributed by atoms with E-state index in [-0.39, 0.29) is 33.8 Å². The molecule has 0 amide bonds. The first-order valence-corrected chi connectivity index (χ1v) is 20.3. The van der Waals surface area contributed by atoms with Crippen molar-refractivity contribution in [1.82, 2.24) is 0 Å². The van der Waals surface area contributed by atoms with Gasteiger partial charge in [0.25, 0.3) is 0 Å². The Morgan fingerprint density at radius 2 is 1.00 bits per heavy atom. The second kappa shape index (κ2) is 19.9. The summed E-state index contributed by atoms with van der Waals surface area (Å²) in [6.07, 6.45) is -36.7. The number of aryl methyl sites for hydroxylation is 1. The smallest absolute Gasteiger partial charge is 0.229 e. The molecule has 20 atom stereocenters. The first kappa shape index (κ1) is 49.3. The average molecular weight is 933 g/mol. The third kappa shape index (κ3) is 9.35. The molecule has 5 aliphatic rings. The second-order valence-electron chi connectivity index (χ2n) is 16.2. The van der Waals surface area contributed by atoms with E-state index < -0.39 is 167 Å². The molecule has 362 valence electrons. The summed E-state index contributed by atoms with van der Waals surface area (Å²) in [4.78, 5) is 27.5. The van der Waals surface area contributed by atoms with Crippen molar-refractivity contribution in [2.75, 3.05) is 33.5 Å². The lowest BCUT2D eigenvalue weighted by Gasteiger charge is -2.46. The average Bonchev–Trinajstić information content (AvgIpc) is 3.28. The number of fused-ring (bicyclic) bond motifs is 2. The van der Waals surface area contributed by atoms with Gasteiger partial charge in [0.15, 0.2) is 24.7 Å². The molecule has 4 aliphatic heterocycles. The summed E-state index contributed by atoms with van der Waals surface area (Å²) >= 11 is 0. The van der Waals surface area contributed by atoms with Gasteiger partial charge >= 0.3 is 0 Å². The van der Waals surface area contributed by atoms with E-state index in [4.69, 9.17) is 42.6 Å². The molecule has 4 heterocycles. The Balaban J connectivity index is 1.04. The molecule has 4 fully saturated rings. The quantitative estimate of drug-likeness (QED) is 0.0757. The number of aliphatic hydroxyl groups is 13. The summed E-state index contributed by atoms with van der Waals surface area (Å²) in [6.45, 7) is -1.62. The Bertz CT molecular complexity index is 2020. The molecule has 25 heteroatoms. The van der Waals surface area contributed by atoms with E-state index in [1.54, 1.807) is 6.92 Å². The maximum atomic E-state index is 13.8. The number of rotatable bonds is 13. The minimum absolute atomic E-state index is 0.0283. The van der Waals surface area contributed by atoms with Gasteiger partial charge < -0.3 is 114 Å². The van der Waals surface area contributed by atoms with Crippen molar-refractivity contribution in [2.45, 2.75) is 130 Å². The first-order chi connectivity index (χ1) is 30.8. The molecular weight excluding hydrogens is 880 g/mol. The molecule has 2 aromatic rings. The van der Waals surface area contributed by atoms with Crippen LogP contribution >= 0.6 is 0 Å². The molecule has 1 aliphatic carbocycles. The number of aromatic hydroxyl groups is 1. The largest absolute Gasteiger partial charge is 0.507 e. The number of methoxy groups -OCH3 is 1. The molecule has 0 aromatic heterocycles. The Morgan fingerprint density at radius 1 is 0.523 bits per heavy atom. The van der Waals surface area contributed by atoms with Gasteiger partial charge in [-0.1, -0.05) is 0 Å². The molecular formula is C40H52O25. The number of ether oxygens (including phenoxy) is 9. The predicted molar refractivity (Wildman–Crippen MR) is 205 cm³/mol. The number of phenolic OH excluding ortho intramolecular Hbond substituents is 1. The molecule has 0 spiro atoms. The zero-order chi connectivity index (χ0) is 47.3. The number of benzene rings is 2.